The Bertz CT molecular complexity index is 904. The number of amides is 1. The number of carbonyl (C=O) groups excluding carboxylic acids is 1. The van der Waals surface area contributed by atoms with Gasteiger partial charge in [0.15, 0.2) is 0 Å². The summed E-state index contributed by atoms with van der Waals surface area (Å²) in [7, 11) is 0. The molecule has 1 aromatic carbocycles. The molecule has 1 amide bonds. The van der Waals surface area contributed by atoms with E-state index in [1.54, 1.807) is 19.2 Å². The minimum atomic E-state index is -0.282. The van der Waals surface area contributed by atoms with Crippen molar-refractivity contribution in [3.05, 3.63) is 54.1 Å². The molecule has 3 rings (SSSR count). The predicted octanol–water partition coefficient (Wildman–Crippen LogP) is 3.80. The van der Waals surface area contributed by atoms with Crippen LogP contribution in [0.4, 0.5) is 11.5 Å². The molecule has 6 nitrogen and oxygen atoms in total. The maximum atomic E-state index is 12.7. The summed E-state index contributed by atoms with van der Waals surface area (Å²) >= 11 is 0. The molecule has 2 aromatic heterocycles. The SMILES string of the molecule is CCC(C)Nc1cc(C(=O)Nc2cccc3cccnc23)nc(C)n1. The molecule has 0 saturated heterocycles. The summed E-state index contributed by atoms with van der Waals surface area (Å²) in [6.45, 7) is 5.93. The van der Waals surface area contributed by atoms with Crippen LogP contribution < -0.4 is 10.6 Å². The highest BCUT2D eigenvalue weighted by Gasteiger charge is 2.13. The van der Waals surface area contributed by atoms with Gasteiger partial charge in [-0.15, -0.1) is 0 Å². The number of carbonyl (C=O) groups is 1. The van der Waals surface area contributed by atoms with Crippen LogP contribution in [-0.4, -0.2) is 26.9 Å². The summed E-state index contributed by atoms with van der Waals surface area (Å²) in [4.78, 5) is 25.6. The lowest BCUT2D eigenvalue weighted by Gasteiger charge is -2.13. The molecular formula is C19H21N5O. The molecule has 1 unspecified atom stereocenters. The van der Waals surface area contributed by atoms with Gasteiger partial charge in [-0.05, 0) is 32.4 Å². The molecule has 1 atom stereocenters. The third kappa shape index (κ3) is 3.91. The van der Waals surface area contributed by atoms with Crippen LogP contribution >= 0.6 is 0 Å². The van der Waals surface area contributed by atoms with Crippen LogP contribution in [0, 0.1) is 6.92 Å². The minimum absolute atomic E-state index is 0.271. The van der Waals surface area contributed by atoms with Crippen LogP contribution in [-0.2, 0) is 0 Å². The second kappa shape index (κ2) is 7.25. The molecule has 2 N–H and O–H groups in total. The van der Waals surface area contributed by atoms with Crippen molar-refractivity contribution in [2.75, 3.05) is 10.6 Å². The van der Waals surface area contributed by atoms with Gasteiger partial charge in [0.25, 0.3) is 5.91 Å². The number of nitrogens with one attached hydrogen (secondary N) is 2. The number of pyridine rings is 1. The van der Waals surface area contributed by atoms with Crippen LogP contribution in [0.1, 0.15) is 36.6 Å². The highest BCUT2D eigenvalue weighted by atomic mass is 16.1. The van der Waals surface area contributed by atoms with Crippen LogP contribution in [0.3, 0.4) is 0 Å². The molecule has 0 fully saturated rings. The molecule has 0 spiro atoms. The van der Waals surface area contributed by atoms with Crippen molar-refractivity contribution in [2.24, 2.45) is 0 Å². The summed E-state index contributed by atoms with van der Waals surface area (Å²) in [5.41, 5.74) is 1.74. The fraction of sp³-hybridized carbons (Fsp3) is 0.263. The summed E-state index contributed by atoms with van der Waals surface area (Å²) in [5, 5.41) is 7.15. The number of para-hydroxylation sites is 1. The number of anilines is 2. The molecule has 0 saturated carbocycles. The Labute approximate surface area is 146 Å². The molecule has 0 radical (unpaired) electrons. The van der Waals surface area contributed by atoms with E-state index < -0.39 is 0 Å². The first-order valence-corrected chi connectivity index (χ1v) is 8.34. The van der Waals surface area contributed by atoms with Gasteiger partial charge in [0.1, 0.15) is 17.3 Å². The van der Waals surface area contributed by atoms with E-state index in [2.05, 4.69) is 39.4 Å². The maximum Gasteiger partial charge on any atom is 0.274 e. The summed E-state index contributed by atoms with van der Waals surface area (Å²) in [6, 6.07) is 11.5. The monoisotopic (exact) mass is 335 g/mol. The highest BCUT2D eigenvalue weighted by molar-refractivity contribution is 6.07. The number of rotatable bonds is 5. The summed E-state index contributed by atoms with van der Waals surface area (Å²) in [5.74, 6) is 0.924. The first-order chi connectivity index (χ1) is 12.1. The third-order valence-electron chi connectivity index (χ3n) is 3.96. The fourth-order valence-corrected chi connectivity index (χ4v) is 2.50. The van der Waals surface area contributed by atoms with Gasteiger partial charge in [-0.2, -0.15) is 0 Å². The predicted molar refractivity (Wildman–Crippen MR) is 99.8 cm³/mol. The standard InChI is InChI=1S/C19H21N5O/c1-4-12(2)21-17-11-16(22-13(3)23-17)19(25)24-15-9-5-7-14-8-6-10-20-18(14)15/h5-12H,4H2,1-3H3,(H,24,25)(H,21,22,23). The van der Waals surface area contributed by atoms with E-state index in [1.807, 2.05) is 30.3 Å². The first-order valence-electron chi connectivity index (χ1n) is 8.34. The molecule has 3 aromatic rings. The second-order valence-electron chi connectivity index (χ2n) is 5.97. The number of aryl methyl sites for hydroxylation is 1. The average Bonchev–Trinajstić information content (AvgIpc) is 2.61. The van der Waals surface area contributed by atoms with Gasteiger partial charge in [0.2, 0.25) is 0 Å². The molecule has 0 aliphatic rings. The van der Waals surface area contributed by atoms with Gasteiger partial charge in [0, 0.05) is 23.7 Å². The molecule has 0 aliphatic carbocycles. The van der Waals surface area contributed by atoms with Crippen LogP contribution in [0.25, 0.3) is 10.9 Å². The number of aromatic nitrogens is 3. The van der Waals surface area contributed by atoms with Crippen molar-refractivity contribution in [1.29, 1.82) is 0 Å². The van der Waals surface area contributed by atoms with Gasteiger partial charge < -0.3 is 10.6 Å². The van der Waals surface area contributed by atoms with Gasteiger partial charge in [-0.3, -0.25) is 9.78 Å². The highest BCUT2D eigenvalue weighted by Crippen LogP contribution is 2.21. The van der Waals surface area contributed by atoms with Crippen molar-refractivity contribution in [2.45, 2.75) is 33.2 Å². The van der Waals surface area contributed by atoms with Crippen LogP contribution in [0.5, 0.6) is 0 Å². The fourth-order valence-electron chi connectivity index (χ4n) is 2.50. The molecule has 0 aliphatic heterocycles. The number of nitrogens with zero attached hydrogens (tertiary/aromatic N) is 3. The van der Waals surface area contributed by atoms with E-state index >= 15 is 0 Å². The van der Waals surface area contributed by atoms with E-state index in [4.69, 9.17) is 0 Å². The van der Waals surface area contributed by atoms with Crippen molar-refractivity contribution < 1.29 is 4.79 Å². The Hall–Kier alpha value is -3.02. The summed E-state index contributed by atoms with van der Waals surface area (Å²) < 4.78 is 0. The molecule has 25 heavy (non-hydrogen) atoms. The Balaban J connectivity index is 1.88. The zero-order chi connectivity index (χ0) is 17.8. The zero-order valence-electron chi connectivity index (χ0n) is 14.6. The molecular weight excluding hydrogens is 314 g/mol. The molecule has 128 valence electrons. The zero-order valence-corrected chi connectivity index (χ0v) is 14.6. The van der Waals surface area contributed by atoms with E-state index in [9.17, 15) is 4.79 Å². The Morgan fingerprint density at radius 3 is 2.80 bits per heavy atom. The van der Waals surface area contributed by atoms with Gasteiger partial charge >= 0.3 is 0 Å². The van der Waals surface area contributed by atoms with Crippen molar-refractivity contribution in [3.8, 4) is 0 Å². The lowest BCUT2D eigenvalue weighted by atomic mass is 10.2. The van der Waals surface area contributed by atoms with E-state index in [-0.39, 0.29) is 11.9 Å². The van der Waals surface area contributed by atoms with Gasteiger partial charge in [-0.25, -0.2) is 9.97 Å². The number of benzene rings is 1. The quantitative estimate of drug-likeness (QED) is 0.741. The number of hydrogen-bond acceptors (Lipinski definition) is 5. The first kappa shape index (κ1) is 16.8. The van der Waals surface area contributed by atoms with Gasteiger partial charge in [0.05, 0.1) is 11.2 Å². The number of hydrogen-bond donors (Lipinski definition) is 2. The van der Waals surface area contributed by atoms with E-state index in [1.165, 1.54) is 0 Å². The second-order valence-corrected chi connectivity index (χ2v) is 5.97. The Morgan fingerprint density at radius 1 is 1.20 bits per heavy atom. The lowest BCUT2D eigenvalue weighted by Crippen LogP contribution is -2.19. The Kier molecular flexibility index (Phi) is 4.88. The van der Waals surface area contributed by atoms with E-state index in [0.29, 0.717) is 23.0 Å². The molecule has 6 heteroatoms. The van der Waals surface area contributed by atoms with Crippen molar-refractivity contribution in [3.63, 3.8) is 0 Å². The summed E-state index contributed by atoms with van der Waals surface area (Å²) in [6.07, 6.45) is 2.67. The maximum absolute atomic E-state index is 12.7. The number of fused-ring (bicyclic) bond motifs is 1. The van der Waals surface area contributed by atoms with Gasteiger partial charge in [-0.1, -0.05) is 25.1 Å². The van der Waals surface area contributed by atoms with Crippen molar-refractivity contribution in [1.82, 2.24) is 15.0 Å². The lowest BCUT2D eigenvalue weighted by molar-refractivity contribution is 0.102. The largest absolute Gasteiger partial charge is 0.368 e. The topological polar surface area (TPSA) is 79.8 Å². The van der Waals surface area contributed by atoms with Crippen LogP contribution in [0.15, 0.2) is 42.6 Å². The molecule has 0 bridgehead atoms. The van der Waals surface area contributed by atoms with Crippen LogP contribution in [0.2, 0.25) is 0 Å². The third-order valence-corrected chi connectivity index (χ3v) is 3.96. The normalized spacial score (nSPS) is 12.0. The average molecular weight is 335 g/mol. The molecule has 2 heterocycles. The van der Waals surface area contributed by atoms with Crippen molar-refractivity contribution >= 4 is 28.3 Å². The van der Waals surface area contributed by atoms with E-state index in [0.717, 1.165) is 17.3 Å². The smallest absolute Gasteiger partial charge is 0.274 e. The Morgan fingerprint density at radius 2 is 2.00 bits per heavy atom. The minimum Gasteiger partial charge on any atom is -0.368 e.